The Kier molecular flexibility index (Phi) is 6.64. The number of carbonyl (C=O) groups is 1. The van der Waals surface area contributed by atoms with Crippen LogP contribution in [0, 0.1) is 0 Å². The first-order valence-corrected chi connectivity index (χ1v) is 11.7. The number of para-hydroxylation sites is 1. The summed E-state index contributed by atoms with van der Waals surface area (Å²) in [5, 5.41) is 3.24. The zero-order chi connectivity index (χ0) is 20.0. The summed E-state index contributed by atoms with van der Waals surface area (Å²) in [5.74, 6) is 0.410. The molecule has 0 aliphatic rings. The Bertz CT molecular complexity index is 1050. The fraction of sp³-hybridized carbons (Fsp3) is 0.300. The van der Waals surface area contributed by atoms with E-state index in [0.29, 0.717) is 17.5 Å². The van der Waals surface area contributed by atoms with Crippen LogP contribution in [0.15, 0.2) is 48.5 Å². The summed E-state index contributed by atoms with van der Waals surface area (Å²) < 4.78 is 30.9. The average Bonchev–Trinajstić information content (AvgIpc) is 3.05. The summed E-state index contributed by atoms with van der Waals surface area (Å²) in [6, 6.07) is 14.7. The van der Waals surface area contributed by atoms with E-state index >= 15 is 0 Å². The van der Waals surface area contributed by atoms with Crippen LogP contribution in [-0.2, 0) is 20.4 Å². The van der Waals surface area contributed by atoms with Gasteiger partial charge in [0.2, 0.25) is 5.91 Å². The molecular formula is C20H22N2O4S2. The van der Waals surface area contributed by atoms with Crippen molar-refractivity contribution >= 4 is 42.4 Å². The van der Waals surface area contributed by atoms with E-state index in [9.17, 15) is 13.2 Å². The molecule has 1 amide bonds. The molecule has 6 nitrogen and oxygen atoms in total. The molecule has 3 aromatic rings. The van der Waals surface area contributed by atoms with Gasteiger partial charge in [-0.2, -0.15) is 0 Å². The molecule has 0 fully saturated rings. The molecule has 0 atom stereocenters. The number of ether oxygens (including phenoxy) is 1. The summed E-state index contributed by atoms with van der Waals surface area (Å²) in [6.07, 6.45) is 0.401. The largest absolute Gasteiger partial charge is 0.492 e. The van der Waals surface area contributed by atoms with E-state index in [1.165, 1.54) is 11.3 Å². The van der Waals surface area contributed by atoms with Crippen molar-refractivity contribution in [2.45, 2.75) is 25.5 Å². The van der Waals surface area contributed by atoms with Gasteiger partial charge in [-0.15, -0.1) is 0 Å². The lowest BCUT2D eigenvalue weighted by Crippen LogP contribution is -2.15. The van der Waals surface area contributed by atoms with Crippen LogP contribution >= 0.6 is 11.3 Å². The highest BCUT2D eigenvalue weighted by atomic mass is 32.2. The summed E-state index contributed by atoms with van der Waals surface area (Å²) in [6.45, 7) is 2.44. The summed E-state index contributed by atoms with van der Waals surface area (Å²) in [4.78, 5) is 16.6. The van der Waals surface area contributed by atoms with E-state index in [4.69, 9.17) is 4.74 Å². The molecule has 1 aromatic heterocycles. The standard InChI is InChI=1S/C20H22N2O4S2/c1-2-26-16-10-6-11-17-19(16)22-20(27-17)21-18(23)12-7-13-28(24,25)14-15-8-4-3-5-9-15/h3-6,8-11H,2,7,12-14H2,1H3,(H,21,22,23). The van der Waals surface area contributed by atoms with Gasteiger partial charge in [-0.25, -0.2) is 13.4 Å². The molecule has 0 saturated carbocycles. The number of nitrogens with one attached hydrogen (secondary N) is 1. The molecule has 28 heavy (non-hydrogen) atoms. The number of carbonyl (C=O) groups excluding carboxylic acids is 1. The highest BCUT2D eigenvalue weighted by Gasteiger charge is 2.15. The van der Waals surface area contributed by atoms with Crippen LogP contribution in [0.3, 0.4) is 0 Å². The first kappa shape index (κ1) is 20.3. The fourth-order valence-corrected chi connectivity index (χ4v) is 5.11. The van der Waals surface area contributed by atoms with Crippen molar-refractivity contribution in [1.82, 2.24) is 4.98 Å². The highest BCUT2D eigenvalue weighted by Crippen LogP contribution is 2.32. The van der Waals surface area contributed by atoms with Crippen LogP contribution in [0.5, 0.6) is 5.75 Å². The van der Waals surface area contributed by atoms with E-state index in [-0.39, 0.29) is 30.3 Å². The van der Waals surface area contributed by atoms with Crippen molar-refractivity contribution < 1.29 is 17.9 Å². The molecule has 0 unspecified atom stereocenters. The average molecular weight is 419 g/mol. The maximum absolute atomic E-state index is 12.2. The van der Waals surface area contributed by atoms with Crippen molar-refractivity contribution in [3.8, 4) is 5.75 Å². The molecule has 0 radical (unpaired) electrons. The number of aromatic nitrogens is 1. The zero-order valence-corrected chi connectivity index (χ0v) is 17.2. The fourth-order valence-electron chi connectivity index (χ4n) is 2.78. The molecular weight excluding hydrogens is 396 g/mol. The van der Waals surface area contributed by atoms with Gasteiger partial charge < -0.3 is 10.1 Å². The third kappa shape index (κ3) is 5.53. The molecule has 3 rings (SSSR count). The molecule has 0 bridgehead atoms. The highest BCUT2D eigenvalue weighted by molar-refractivity contribution is 7.90. The van der Waals surface area contributed by atoms with Gasteiger partial charge in [-0.3, -0.25) is 4.79 Å². The number of thiazole rings is 1. The Morgan fingerprint density at radius 2 is 1.93 bits per heavy atom. The first-order valence-electron chi connectivity index (χ1n) is 9.03. The number of sulfone groups is 1. The normalized spacial score (nSPS) is 11.5. The maximum Gasteiger partial charge on any atom is 0.226 e. The van der Waals surface area contributed by atoms with E-state index in [2.05, 4.69) is 10.3 Å². The Hall–Kier alpha value is -2.45. The molecule has 0 aliphatic heterocycles. The van der Waals surface area contributed by atoms with E-state index in [1.807, 2.05) is 43.3 Å². The monoisotopic (exact) mass is 418 g/mol. The second kappa shape index (κ2) is 9.16. The predicted octanol–water partition coefficient (Wildman–Crippen LogP) is 4.03. The van der Waals surface area contributed by atoms with Crippen molar-refractivity contribution in [1.29, 1.82) is 0 Å². The minimum absolute atomic E-state index is 0.00641. The lowest BCUT2D eigenvalue weighted by molar-refractivity contribution is -0.116. The first-order chi connectivity index (χ1) is 13.5. The Balaban J connectivity index is 1.53. The number of rotatable bonds is 9. The molecule has 1 heterocycles. The van der Waals surface area contributed by atoms with Crippen molar-refractivity contribution in [3.63, 3.8) is 0 Å². The van der Waals surface area contributed by atoms with Crippen LogP contribution in [0.1, 0.15) is 25.3 Å². The second-order valence-corrected chi connectivity index (χ2v) is 9.50. The topological polar surface area (TPSA) is 85.4 Å². The lowest BCUT2D eigenvalue weighted by atomic mass is 10.2. The molecule has 0 saturated heterocycles. The summed E-state index contributed by atoms with van der Waals surface area (Å²) in [7, 11) is -3.25. The molecule has 2 aromatic carbocycles. The van der Waals surface area contributed by atoms with Gasteiger partial charge in [0.1, 0.15) is 11.3 Å². The van der Waals surface area contributed by atoms with Gasteiger partial charge in [0.25, 0.3) is 0 Å². The summed E-state index contributed by atoms with van der Waals surface area (Å²) in [5.41, 5.74) is 1.47. The van der Waals surface area contributed by atoms with Crippen LogP contribution in [-0.4, -0.2) is 31.7 Å². The van der Waals surface area contributed by atoms with E-state index in [1.54, 1.807) is 12.1 Å². The van der Waals surface area contributed by atoms with Crippen LogP contribution in [0.4, 0.5) is 5.13 Å². The Morgan fingerprint density at radius 3 is 2.68 bits per heavy atom. The maximum atomic E-state index is 12.2. The van der Waals surface area contributed by atoms with Gasteiger partial charge in [-0.1, -0.05) is 47.7 Å². The van der Waals surface area contributed by atoms with Gasteiger partial charge in [0.05, 0.1) is 22.8 Å². The van der Waals surface area contributed by atoms with Crippen LogP contribution in [0.2, 0.25) is 0 Å². The van der Waals surface area contributed by atoms with E-state index < -0.39 is 9.84 Å². The molecule has 0 spiro atoms. The van der Waals surface area contributed by atoms with Crippen molar-refractivity contribution in [3.05, 3.63) is 54.1 Å². The minimum atomic E-state index is -3.25. The van der Waals surface area contributed by atoms with Crippen LogP contribution in [0.25, 0.3) is 10.2 Å². The SMILES string of the molecule is CCOc1cccc2sc(NC(=O)CCCS(=O)(=O)Cc3ccccc3)nc12. The number of amides is 1. The lowest BCUT2D eigenvalue weighted by Gasteiger charge is -2.05. The quantitative estimate of drug-likeness (QED) is 0.567. The number of fused-ring (bicyclic) bond motifs is 1. The Morgan fingerprint density at radius 1 is 1.14 bits per heavy atom. The van der Waals surface area contributed by atoms with Gasteiger partial charge in [-0.05, 0) is 31.0 Å². The number of hydrogen-bond acceptors (Lipinski definition) is 6. The third-order valence-electron chi connectivity index (χ3n) is 4.02. The molecule has 0 aliphatic carbocycles. The van der Waals surface area contributed by atoms with Gasteiger partial charge in [0, 0.05) is 6.42 Å². The summed E-state index contributed by atoms with van der Waals surface area (Å²) >= 11 is 1.37. The van der Waals surface area contributed by atoms with Crippen LogP contribution < -0.4 is 10.1 Å². The third-order valence-corrected chi connectivity index (χ3v) is 6.64. The Labute approximate surface area is 168 Å². The number of benzene rings is 2. The number of hydrogen-bond donors (Lipinski definition) is 1. The smallest absolute Gasteiger partial charge is 0.226 e. The zero-order valence-electron chi connectivity index (χ0n) is 15.6. The molecule has 8 heteroatoms. The molecule has 148 valence electrons. The minimum Gasteiger partial charge on any atom is -0.492 e. The van der Waals surface area contributed by atoms with Gasteiger partial charge >= 0.3 is 0 Å². The second-order valence-electron chi connectivity index (χ2n) is 6.28. The predicted molar refractivity (Wildman–Crippen MR) is 113 cm³/mol. The molecule has 1 N–H and O–H groups in total. The van der Waals surface area contributed by atoms with Crippen molar-refractivity contribution in [2.75, 3.05) is 17.7 Å². The van der Waals surface area contributed by atoms with E-state index in [0.717, 1.165) is 15.8 Å². The van der Waals surface area contributed by atoms with Gasteiger partial charge in [0.15, 0.2) is 15.0 Å². The number of nitrogens with zero attached hydrogens (tertiary/aromatic N) is 1. The van der Waals surface area contributed by atoms with Crippen molar-refractivity contribution in [2.24, 2.45) is 0 Å². The number of anilines is 1.